The Kier molecular flexibility index (Phi) is 6.19. The van der Waals surface area contributed by atoms with Gasteiger partial charge in [-0.2, -0.15) is 0 Å². The van der Waals surface area contributed by atoms with Crippen molar-refractivity contribution < 1.29 is 0 Å². The lowest BCUT2D eigenvalue weighted by molar-refractivity contribution is 0.670. The lowest BCUT2D eigenvalue weighted by Gasteiger charge is -1.96. The maximum Gasteiger partial charge on any atom is 0.0455 e. The van der Waals surface area contributed by atoms with Crippen LogP contribution in [0.1, 0.15) is 37.5 Å². The summed E-state index contributed by atoms with van der Waals surface area (Å²) < 4.78 is 1.36. The molecule has 0 aliphatic rings. The molecule has 0 aliphatic heterocycles. The van der Waals surface area contributed by atoms with Crippen LogP contribution in [0.4, 0.5) is 0 Å². The molecular weight excluding hydrogens is 441 g/mol. The van der Waals surface area contributed by atoms with Crippen LogP contribution in [-0.2, 0) is 6.42 Å². The van der Waals surface area contributed by atoms with Crippen molar-refractivity contribution in [2.24, 2.45) is 0 Å². The minimum atomic E-state index is 1.23. The van der Waals surface area contributed by atoms with E-state index in [4.69, 9.17) is 0 Å². The molecule has 30 heavy (non-hydrogen) atoms. The molecule has 4 aromatic heterocycles. The first-order valence-electron chi connectivity index (χ1n) is 10.6. The largest absolute Gasteiger partial charge is 0.139 e. The van der Waals surface area contributed by atoms with Crippen LogP contribution in [0.15, 0.2) is 66.7 Å². The molecular formula is C26H24S4. The maximum absolute atomic E-state index is 2.33. The van der Waals surface area contributed by atoms with Gasteiger partial charge in [-0.15, -0.1) is 45.3 Å². The molecule has 0 saturated carbocycles. The third-order valence-corrected chi connectivity index (χ3v) is 10.3. The predicted molar refractivity (Wildman–Crippen MR) is 140 cm³/mol. The van der Waals surface area contributed by atoms with Gasteiger partial charge in [0.15, 0.2) is 0 Å². The number of unbranched alkanes of at least 4 members (excludes halogenated alkanes) is 3. The van der Waals surface area contributed by atoms with Crippen molar-refractivity contribution in [1.29, 1.82) is 0 Å². The number of hydrogen-bond donors (Lipinski definition) is 0. The molecule has 152 valence electrons. The van der Waals surface area contributed by atoms with Gasteiger partial charge in [-0.25, -0.2) is 0 Å². The molecule has 0 amide bonds. The summed E-state index contributed by atoms with van der Waals surface area (Å²) in [7, 11) is 0. The third-order valence-electron chi connectivity index (χ3n) is 5.30. The van der Waals surface area contributed by atoms with Crippen molar-refractivity contribution in [2.45, 2.75) is 39.0 Å². The van der Waals surface area contributed by atoms with Crippen LogP contribution in [0.5, 0.6) is 0 Å². The van der Waals surface area contributed by atoms with Gasteiger partial charge in [0.1, 0.15) is 0 Å². The summed E-state index contributed by atoms with van der Waals surface area (Å²) in [6.45, 7) is 2.27. The van der Waals surface area contributed by atoms with E-state index in [0.717, 1.165) is 0 Å². The highest BCUT2D eigenvalue weighted by atomic mass is 32.1. The first-order valence-corrected chi connectivity index (χ1v) is 13.8. The van der Waals surface area contributed by atoms with E-state index in [0.29, 0.717) is 0 Å². The smallest absolute Gasteiger partial charge is 0.0455 e. The van der Waals surface area contributed by atoms with Gasteiger partial charge in [-0.3, -0.25) is 0 Å². The summed E-state index contributed by atoms with van der Waals surface area (Å²) in [5.74, 6) is 0. The number of hydrogen-bond acceptors (Lipinski definition) is 4. The summed E-state index contributed by atoms with van der Waals surface area (Å²) >= 11 is 7.69. The summed E-state index contributed by atoms with van der Waals surface area (Å²) in [5, 5.41) is 1.34. The van der Waals surface area contributed by atoms with Gasteiger partial charge < -0.3 is 0 Å². The normalized spacial score (nSPS) is 11.5. The molecule has 4 heteroatoms. The van der Waals surface area contributed by atoms with Crippen molar-refractivity contribution in [3.05, 3.63) is 71.6 Å². The highest BCUT2D eigenvalue weighted by Crippen LogP contribution is 2.43. The van der Waals surface area contributed by atoms with Crippen LogP contribution in [-0.4, -0.2) is 0 Å². The molecule has 1 aromatic carbocycles. The van der Waals surface area contributed by atoms with Crippen LogP contribution in [0, 0.1) is 0 Å². The van der Waals surface area contributed by atoms with Crippen LogP contribution >= 0.6 is 45.3 Å². The number of rotatable bonds is 8. The topological polar surface area (TPSA) is 0 Å². The molecule has 0 aliphatic carbocycles. The van der Waals surface area contributed by atoms with E-state index < -0.39 is 0 Å². The van der Waals surface area contributed by atoms with E-state index in [2.05, 4.69) is 73.7 Å². The summed E-state index contributed by atoms with van der Waals surface area (Å²) in [5.41, 5.74) is 0. The highest BCUT2D eigenvalue weighted by molar-refractivity contribution is 7.29. The molecule has 0 fully saturated rings. The Hall–Kier alpha value is -1.72. The van der Waals surface area contributed by atoms with Crippen molar-refractivity contribution in [1.82, 2.24) is 0 Å². The van der Waals surface area contributed by atoms with Crippen LogP contribution in [0.3, 0.4) is 0 Å². The molecule has 0 saturated heterocycles. The lowest BCUT2D eigenvalue weighted by atomic mass is 10.1. The molecule has 5 rings (SSSR count). The molecule has 0 N–H and O–H groups in total. The van der Waals surface area contributed by atoms with E-state index in [1.165, 1.54) is 76.3 Å². The van der Waals surface area contributed by atoms with E-state index in [1.807, 2.05) is 45.3 Å². The minimum Gasteiger partial charge on any atom is -0.139 e. The Morgan fingerprint density at radius 3 is 1.90 bits per heavy atom. The Morgan fingerprint density at radius 2 is 1.20 bits per heavy atom. The average Bonchev–Trinajstić information content (AvgIpc) is 3.55. The number of aryl methyl sites for hydroxylation is 1. The van der Waals surface area contributed by atoms with Gasteiger partial charge in [-0.1, -0.05) is 44.4 Å². The SMILES string of the molecule is CCCCCCc1ccc(-c2ccc(-c3ccc(-c4cc5ccccc5s4)s3)s2)s1. The fourth-order valence-corrected chi connectivity index (χ4v) is 8.07. The highest BCUT2D eigenvalue weighted by Gasteiger charge is 2.12. The molecule has 0 spiro atoms. The standard InChI is InChI=1S/C26H24S4/c1-2-3-4-5-9-19-11-12-21(27-19)22-13-14-23(29-22)24-15-16-25(30-24)26-17-18-8-6-7-10-20(18)28-26/h6-8,10-17H,2-5,9H2,1H3. The third kappa shape index (κ3) is 4.33. The second kappa shape index (κ2) is 9.19. The van der Waals surface area contributed by atoms with Crippen LogP contribution in [0.25, 0.3) is 39.3 Å². The van der Waals surface area contributed by atoms with Crippen molar-refractivity contribution >= 4 is 55.4 Å². The predicted octanol–water partition coefficient (Wildman–Crippen LogP) is 10.2. The van der Waals surface area contributed by atoms with E-state index >= 15 is 0 Å². The quantitative estimate of drug-likeness (QED) is 0.200. The first kappa shape index (κ1) is 20.2. The van der Waals surface area contributed by atoms with Gasteiger partial charge in [-0.05, 0) is 66.8 Å². The first-order chi connectivity index (χ1) is 14.8. The average molecular weight is 465 g/mol. The zero-order chi connectivity index (χ0) is 20.3. The lowest BCUT2D eigenvalue weighted by Crippen LogP contribution is -1.80. The van der Waals surface area contributed by atoms with Gasteiger partial charge in [0, 0.05) is 38.8 Å². The number of fused-ring (bicyclic) bond motifs is 1. The number of benzene rings is 1. The fraction of sp³-hybridized carbons (Fsp3) is 0.231. The monoisotopic (exact) mass is 464 g/mol. The van der Waals surface area contributed by atoms with E-state index in [1.54, 1.807) is 0 Å². The van der Waals surface area contributed by atoms with E-state index in [-0.39, 0.29) is 0 Å². The summed E-state index contributed by atoms with van der Waals surface area (Å²) in [4.78, 5) is 9.82. The van der Waals surface area contributed by atoms with E-state index in [9.17, 15) is 0 Å². The van der Waals surface area contributed by atoms with Crippen molar-refractivity contribution in [2.75, 3.05) is 0 Å². The Morgan fingerprint density at radius 1 is 0.567 bits per heavy atom. The fourth-order valence-electron chi connectivity index (χ4n) is 3.68. The maximum atomic E-state index is 2.33. The Bertz CT molecular complexity index is 1210. The number of thiophene rings is 4. The van der Waals surface area contributed by atoms with Gasteiger partial charge in [0.2, 0.25) is 0 Å². The molecule has 0 bridgehead atoms. The minimum absolute atomic E-state index is 1.23. The molecule has 0 radical (unpaired) electrons. The van der Waals surface area contributed by atoms with Crippen molar-refractivity contribution in [3.63, 3.8) is 0 Å². The molecule has 4 heterocycles. The molecule has 0 unspecified atom stereocenters. The summed E-state index contributed by atoms with van der Waals surface area (Å²) in [6.07, 6.45) is 6.57. The van der Waals surface area contributed by atoms with Gasteiger partial charge in [0.25, 0.3) is 0 Å². The second-order valence-electron chi connectivity index (χ2n) is 7.55. The molecule has 0 nitrogen and oxygen atoms in total. The van der Waals surface area contributed by atoms with Gasteiger partial charge in [0.05, 0.1) is 0 Å². The van der Waals surface area contributed by atoms with Crippen LogP contribution in [0.2, 0.25) is 0 Å². The second-order valence-corrected chi connectivity index (χ2v) is 12.0. The Balaban J connectivity index is 1.32. The zero-order valence-electron chi connectivity index (χ0n) is 17.0. The molecule has 5 aromatic rings. The van der Waals surface area contributed by atoms with Gasteiger partial charge >= 0.3 is 0 Å². The zero-order valence-corrected chi connectivity index (χ0v) is 20.3. The molecule has 0 atom stereocenters. The Labute approximate surface area is 194 Å². The summed E-state index contributed by atoms with van der Waals surface area (Å²) in [6, 6.07) is 24.8. The van der Waals surface area contributed by atoms with Crippen molar-refractivity contribution in [3.8, 4) is 29.3 Å². The van der Waals surface area contributed by atoms with Crippen LogP contribution < -0.4 is 0 Å².